The van der Waals surface area contributed by atoms with E-state index in [1.807, 2.05) is 46.9 Å². The molecule has 7 aromatic carbocycles. The topological polar surface area (TPSA) is 18.5 Å². The Morgan fingerprint density at radius 1 is 0.304 bits per heavy atom. The molecular formula is C53H25BF20O2S3. The molecule has 0 N–H and O–H groups in total. The predicted octanol–water partition coefficient (Wildman–Crippen LogP) is 14.4. The van der Waals surface area contributed by atoms with Crippen molar-refractivity contribution in [1.29, 1.82) is 0 Å². The molecule has 79 heavy (non-hydrogen) atoms. The van der Waals surface area contributed by atoms with Crippen LogP contribution in [0.25, 0.3) is 20.9 Å². The van der Waals surface area contributed by atoms with Crippen LogP contribution in [0, 0.1) is 123 Å². The van der Waals surface area contributed by atoms with Crippen LogP contribution in [0.15, 0.2) is 111 Å². The molecule has 2 aromatic heterocycles. The third kappa shape index (κ3) is 9.74. The lowest BCUT2D eigenvalue weighted by Gasteiger charge is -2.44. The minimum atomic E-state index is -7.22. The minimum absolute atomic E-state index is 0.210. The van der Waals surface area contributed by atoms with Crippen molar-refractivity contribution in [3.8, 4) is 32.4 Å². The van der Waals surface area contributed by atoms with Crippen molar-refractivity contribution < 1.29 is 97.3 Å². The second-order valence-corrected chi connectivity index (χ2v) is 21.2. The molecule has 0 saturated heterocycles. The first-order chi connectivity index (χ1) is 37.3. The Labute approximate surface area is 443 Å². The van der Waals surface area contributed by atoms with E-state index in [2.05, 4.69) is 79.7 Å². The summed E-state index contributed by atoms with van der Waals surface area (Å²) in [6.45, 7) is 2.15. The van der Waals surface area contributed by atoms with Gasteiger partial charge in [-0.1, -0.05) is 35.6 Å². The summed E-state index contributed by atoms with van der Waals surface area (Å²) in [5, 5.41) is 0. The molecule has 0 amide bonds. The molecule has 0 aliphatic carbocycles. The minimum Gasteiger partial charge on any atom is -0.497 e. The van der Waals surface area contributed by atoms with E-state index < -0.39 is 144 Å². The molecule has 0 aliphatic heterocycles. The molecule has 2 heterocycles. The van der Waals surface area contributed by atoms with E-state index in [0.29, 0.717) is 0 Å². The zero-order valence-corrected chi connectivity index (χ0v) is 41.9. The Kier molecular flexibility index (Phi) is 16.3. The molecule has 0 bridgehead atoms. The second-order valence-electron chi connectivity index (χ2n) is 16.6. The van der Waals surface area contributed by atoms with Crippen LogP contribution in [0.5, 0.6) is 11.5 Å². The van der Waals surface area contributed by atoms with Crippen LogP contribution >= 0.6 is 22.7 Å². The summed E-state index contributed by atoms with van der Waals surface area (Å²) < 4.78 is 306. The molecule has 0 radical (unpaired) electrons. The van der Waals surface area contributed by atoms with Crippen LogP contribution in [0.4, 0.5) is 87.8 Å². The average molecular weight is 1180 g/mol. The van der Waals surface area contributed by atoms with Gasteiger partial charge in [0.05, 0.1) is 14.2 Å². The van der Waals surface area contributed by atoms with E-state index in [4.69, 9.17) is 9.47 Å². The highest BCUT2D eigenvalue weighted by molar-refractivity contribution is 7.99. The van der Waals surface area contributed by atoms with E-state index in [-0.39, 0.29) is 10.9 Å². The summed E-state index contributed by atoms with van der Waals surface area (Å²) >= 11 is 3.70. The highest BCUT2D eigenvalue weighted by Gasteiger charge is 2.52. The monoisotopic (exact) mass is 1180 g/mol. The molecule has 9 rings (SSSR count). The Balaban J connectivity index is 0.000000216. The third-order valence-corrected chi connectivity index (χ3v) is 17.0. The number of methoxy groups -OCH3 is 2. The fraction of sp³-hybridized carbons (Fsp3) is 0.0566. The van der Waals surface area contributed by atoms with Gasteiger partial charge in [0.25, 0.3) is 0 Å². The van der Waals surface area contributed by atoms with Gasteiger partial charge in [-0.2, -0.15) is 0 Å². The van der Waals surface area contributed by atoms with Crippen LogP contribution in [-0.2, 0) is 10.9 Å². The van der Waals surface area contributed by atoms with Gasteiger partial charge in [0.15, 0.2) is 79.6 Å². The average Bonchev–Trinajstić information content (AvgIpc) is 4.26. The maximum absolute atomic E-state index is 15.4. The van der Waals surface area contributed by atoms with Gasteiger partial charge in [0.2, 0.25) is 4.21 Å². The fourth-order valence-corrected chi connectivity index (χ4v) is 13.2. The number of hydrogen-bond donors (Lipinski definition) is 0. The van der Waals surface area contributed by atoms with E-state index in [1.54, 1.807) is 14.2 Å². The summed E-state index contributed by atoms with van der Waals surface area (Å²) in [5.41, 5.74) is -11.8. The van der Waals surface area contributed by atoms with Gasteiger partial charge < -0.3 is 9.47 Å². The Morgan fingerprint density at radius 3 is 0.810 bits per heavy atom. The third-order valence-electron chi connectivity index (χ3n) is 12.3. The molecule has 0 unspecified atom stereocenters. The van der Waals surface area contributed by atoms with E-state index >= 15 is 35.1 Å². The number of benzene rings is 7. The van der Waals surface area contributed by atoms with Crippen LogP contribution < -0.4 is 31.3 Å². The van der Waals surface area contributed by atoms with Gasteiger partial charge in [-0.05, 0) is 84.8 Å². The molecule has 26 heteroatoms. The molecular weight excluding hydrogens is 1160 g/mol. The van der Waals surface area contributed by atoms with Crippen LogP contribution in [0.2, 0.25) is 0 Å². The van der Waals surface area contributed by atoms with Crippen molar-refractivity contribution in [2.75, 3.05) is 14.2 Å². The largest absolute Gasteiger partial charge is 0.497 e. The maximum Gasteiger partial charge on any atom is 0.220 e. The molecule has 9 aromatic rings. The lowest BCUT2D eigenvalue weighted by molar-refractivity contribution is 0.378. The Bertz CT molecular complexity index is 3400. The van der Waals surface area contributed by atoms with Gasteiger partial charge in [0, 0.05) is 20.7 Å². The zero-order valence-electron chi connectivity index (χ0n) is 39.4. The van der Waals surface area contributed by atoms with Crippen LogP contribution in [-0.4, -0.2) is 20.4 Å². The highest BCUT2D eigenvalue weighted by atomic mass is 32.2. The summed E-state index contributed by atoms with van der Waals surface area (Å²) in [6, 6.07) is 34.7. The summed E-state index contributed by atoms with van der Waals surface area (Å²) in [5.74, 6) is -69.7. The van der Waals surface area contributed by atoms with Gasteiger partial charge in [0.1, 0.15) is 75.1 Å². The van der Waals surface area contributed by atoms with Gasteiger partial charge in [-0.3, -0.25) is 0 Å². The van der Waals surface area contributed by atoms with Gasteiger partial charge >= 0.3 is 0 Å². The zero-order chi connectivity index (χ0) is 57.8. The summed E-state index contributed by atoms with van der Waals surface area (Å²) in [6.07, 6.45) is -7.22. The molecule has 410 valence electrons. The van der Waals surface area contributed by atoms with Crippen molar-refractivity contribution in [3.63, 3.8) is 0 Å². The van der Waals surface area contributed by atoms with Crippen molar-refractivity contribution in [1.82, 2.24) is 0 Å². The number of hydrogen-bond acceptors (Lipinski definition) is 4. The van der Waals surface area contributed by atoms with Crippen LogP contribution in [0.3, 0.4) is 0 Å². The van der Waals surface area contributed by atoms with Crippen molar-refractivity contribution in [3.05, 3.63) is 218 Å². The Morgan fingerprint density at radius 2 is 0.557 bits per heavy atom. The predicted molar refractivity (Wildman–Crippen MR) is 255 cm³/mol. The lowest BCUT2D eigenvalue weighted by Crippen LogP contribution is -2.81. The molecule has 0 aliphatic rings. The highest BCUT2D eigenvalue weighted by Crippen LogP contribution is 2.41. The fourth-order valence-electron chi connectivity index (χ4n) is 8.64. The lowest BCUT2D eigenvalue weighted by atomic mass is 9.12. The molecule has 0 spiro atoms. The van der Waals surface area contributed by atoms with Crippen LogP contribution in [0.1, 0.15) is 4.88 Å². The van der Waals surface area contributed by atoms with E-state index in [0.717, 1.165) is 11.5 Å². The smallest absolute Gasteiger partial charge is 0.220 e. The summed E-state index contributed by atoms with van der Waals surface area (Å²) in [7, 11) is 3.20. The number of thiophene rings is 2. The first-order valence-electron chi connectivity index (χ1n) is 21.9. The molecule has 0 saturated carbocycles. The first kappa shape index (κ1) is 57.7. The first-order valence-corrected chi connectivity index (χ1v) is 24.7. The molecule has 0 atom stereocenters. The van der Waals surface area contributed by atoms with Gasteiger partial charge in [-0.15, -0.1) is 33.2 Å². The van der Waals surface area contributed by atoms with Crippen molar-refractivity contribution >= 4 is 61.6 Å². The molecule has 0 fully saturated rings. The summed E-state index contributed by atoms with van der Waals surface area (Å²) in [4.78, 5) is 6.47. The molecule has 2 nitrogen and oxygen atoms in total. The quantitative estimate of drug-likeness (QED) is 0.0422. The standard InChI is InChI=1S/C29H25O2S3.C24BF20/c1-20-4-17-27(32-20)21-5-7-22(8-6-21)28-18-19-29(33-28)34(25-13-9-23(30-2)10-14-25)26-15-11-24(31-3)12-16-26;26-5-1(6(27)14(35)21(42)13(5)34)25(2-7(28)15(36)22(43)16(37)8(2)29,3-9(30)17(38)23(44)18(39)10(3)31)4-11(32)19(40)24(45)20(41)12(4)33/h4-19H,1-3H3;/q+1;-1. The van der Waals surface area contributed by atoms with Crippen molar-refractivity contribution in [2.45, 2.75) is 20.9 Å². The van der Waals surface area contributed by atoms with E-state index in [9.17, 15) is 52.7 Å². The van der Waals surface area contributed by atoms with E-state index in [1.165, 1.54) is 39.8 Å². The number of ether oxygens (including phenoxy) is 2. The van der Waals surface area contributed by atoms with Crippen molar-refractivity contribution in [2.24, 2.45) is 0 Å². The number of halogens is 20. The normalized spacial score (nSPS) is 11.6. The van der Waals surface area contributed by atoms with Gasteiger partial charge in [-0.25, -0.2) is 87.8 Å². The number of rotatable bonds is 11. The SMILES string of the molecule is COc1ccc([S+](c2ccc(OC)cc2)c2ccc(-c3ccc(-c4ccc(C)s4)cc3)s2)cc1.Fc1c(F)c(F)c([B-](c2c(F)c(F)c(F)c(F)c2F)(c2c(F)c(F)c(F)c(F)c2F)c2c(F)c(F)c(F)c(F)c2F)c(F)c1F. The Hall–Kier alpha value is -7.45. The maximum atomic E-state index is 15.4. The second kappa shape index (κ2) is 22.4. The number of aryl methyl sites for hydroxylation is 1.